The maximum Gasteiger partial charge on any atom is 0.282 e. The first-order chi connectivity index (χ1) is 5.61. The van der Waals surface area contributed by atoms with Gasteiger partial charge in [0.05, 0.1) is 0 Å². The molecule has 0 atom stereocenters. The fourth-order valence-corrected chi connectivity index (χ4v) is 1.13. The lowest BCUT2D eigenvalue weighted by molar-refractivity contribution is -0.128. The van der Waals surface area contributed by atoms with Crippen molar-refractivity contribution in [2.75, 3.05) is 13.1 Å². The normalized spacial score (nSPS) is 17.2. The molecule has 0 saturated heterocycles. The number of hydrogen-bond donors (Lipinski definition) is 0. The van der Waals surface area contributed by atoms with E-state index in [1.807, 2.05) is 13.0 Å². The van der Waals surface area contributed by atoms with Crippen molar-refractivity contribution >= 4 is 5.91 Å². The fraction of sp³-hybridized carbons (Fsp3) is 0.444. The lowest BCUT2D eigenvalue weighted by Crippen LogP contribution is -2.34. The highest BCUT2D eigenvalue weighted by Gasteiger charge is 2.17. The number of rotatable bonds is 1. The van der Waals surface area contributed by atoms with Gasteiger partial charge in [-0.3, -0.25) is 4.79 Å². The van der Waals surface area contributed by atoms with Gasteiger partial charge in [-0.05, 0) is 13.3 Å². The summed E-state index contributed by atoms with van der Waals surface area (Å²) in [6.07, 6.45) is 2.77. The standard InChI is InChI=1S/C9H12FNO/c1-7-3-5-11(6-4-7)9(12)8(2)10/h3H,2,4-6H2,1H3. The van der Waals surface area contributed by atoms with Crippen LogP contribution in [0.5, 0.6) is 0 Å². The van der Waals surface area contributed by atoms with Crippen LogP contribution in [-0.4, -0.2) is 23.9 Å². The van der Waals surface area contributed by atoms with Gasteiger partial charge in [-0.15, -0.1) is 0 Å². The van der Waals surface area contributed by atoms with E-state index < -0.39 is 11.7 Å². The van der Waals surface area contributed by atoms with Gasteiger partial charge in [0.2, 0.25) is 0 Å². The van der Waals surface area contributed by atoms with Crippen molar-refractivity contribution in [3.63, 3.8) is 0 Å². The van der Waals surface area contributed by atoms with Crippen LogP contribution in [0.1, 0.15) is 13.3 Å². The molecule has 1 heterocycles. The van der Waals surface area contributed by atoms with Crippen molar-refractivity contribution in [2.24, 2.45) is 0 Å². The van der Waals surface area contributed by atoms with E-state index in [2.05, 4.69) is 6.58 Å². The molecule has 66 valence electrons. The second-order valence-corrected chi connectivity index (χ2v) is 2.96. The molecule has 0 aromatic rings. The quantitative estimate of drug-likeness (QED) is 0.431. The number of amides is 1. The molecular weight excluding hydrogens is 157 g/mol. The number of halogens is 1. The number of hydrogen-bond acceptors (Lipinski definition) is 1. The molecule has 0 aromatic carbocycles. The summed E-state index contributed by atoms with van der Waals surface area (Å²) in [4.78, 5) is 12.5. The van der Waals surface area contributed by atoms with Crippen LogP contribution in [0.2, 0.25) is 0 Å². The molecule has 0 radical (unpaired) electrons. The predicted molar refractivity (Wildman–Crippen MR) is 45.2 cm³/mol. The molecule has 0 unspecified atom stereocenters. The van der Waals surface area contributed by atoms with Gasteiger partial charge in [0.25, 0.3) is 5.91 Å². The van der Waals surface area contributed by atoms with Gasteiger partial charge >= 0.3 is 0 Å². The van der Waals surface area contributed by atoms with Crippen LogP contribution < -0.4 is 0 Å². The van der Waals surface area contributed by atoms with Crippen molar-refractivity contribution in [3.05, 3.63) is 24.1 Å². The zero-order chi connectivity index (χ0) is 9.14. The predicted octanol–water partition coefficient (Wildman–Crippen LogP) is 1.65. The molecule has 1 aliphatic rings. The third kappa shape index (κ3) is 1.94. The SMILES string of the molecule is C=C(F)C(=O)N1CC=C(C)CC1. The highest BCUT2D eigenvalue weighted by atomic mass is 19.1. The molecule has 1 aliphatic heterocycles. The van der Waals surface area contributed by atoms with Crippen LogP contribution in [0, 0.1) is 0 Å². The zero-order valence-corrected chi connectivity index (χ0v) is 7.14. The summed E-state index contributed by atoms with van der Waals surface area (Å²) in [7, 11) is 0. The summed E-state index contributed by atoms with van der Waals surface area (Å²) in [5, 5.41) is 0. The fourth-order valence-electron chi connectivity index (χ4n) is 1.13. The minimum atomic E-state index is -0.872. The lowest BCUT2D eigenvalue weighted by Gasteiger charge is -2.24. The van der Waals surface area contributed by atoms with Crippen molar-refractivity contribution in [1.29, 1.82) is 0 Å². The van der Waals surface area contributed by atoms with E-state index in [-0.39, 0.29) is 0 Å². The molecule has 0 aliphatic carbocycles. The molecule has 3 heteroatoms. The summed E-state index contributed by atoms with van der Waals surface area (Å²) in [5.74, 6) is -1.46. The Kier molecular flexibility index (Phi) is 2.63. The maximum atomic E-state index is 12.4. The van der Waals surface area contributed by atoms with Gasteiger partial charge in [0, 0.05) is 13.1 Å². The van der Waals surface area contributed by atoms with Gasteiger partial charge < -0.3 is 4.90 Å². The Morgan fingerprint density at radius 2 is 2.42 bits per heavy atom. The lowest BCUT2D eigenvalue weighted by atomic mass is 10.1. The van der Waals surface area contributed by atoms with E-state index in [4.69, 9.17) is 0 Å². The minimum absolute atomic E-state index is 0.508. The molecule has 0 fully saturated rings. The van der Waals surface area contributed by atoms with Gasteiger partial charge in [-0.2, -0.15) is 0 Å². The molecular formula is C9H12FNO. The number of nitrogens with zero attached hydrogens (tertiary/aromatic N) is 1. The van der Waals surface area contributed by atoms with Gasteiger partial charge in [0.1, 0.15) is 0 Å². The second kappa shape index (κ2) is 3.52. The Labute approximate surface area is 71.4 Å². The molecule has 0 N–H and O–H groups in total. The Morgan fingerprint density at radius 3 is 2.83 bits per heavy atom. The molecule has 0 spiro atoms. The molecule has 1 rings (SSSR count). The van der Waals surface area contributed by atoms with E-state index >= 15 is 0 Å². The monoisotopic (exact) mass is 169 g/mol. The Morgan fingerprint density at radius 1 is 1.75 bits per heavy atom. The van der Waals surface area contributed by atoms with E-state index in [1.165, 1.54) is 10.5 Å². The molecule has 1 amide bonds. The van der Waals surface area contributed by atoms with E-state index in [0.717, 1.165) is 6.42 Å². The summed E-state index contributed by atoms with van der Waals surface area (Å²) in [6.45, 7) is 6.09. The topological polar surface area (TPSA) is 20.3 Å². The van der Waals surface area contributed by atoms with E-state index in [1.54, 1.807) is 0 Å². The zero-order valence-electron chi connectivity index (χ0n) is 7.14. The summed E-state index contributed by atoms with van der Waals surface area (Å²) in [6, 6.07) is 0. The van der Waals surface area contributed by atoms with Crippen molar-refractivity contribution in [2.45, 2.75) is 13.3 Å². The molecule has 12 heavy (non-hydrogen) atoms. The van der Waals surface area contributed by atoms with E-state index in [0.29, 0.717) is 13.1 Å². The first-order valence-electron chi connectivity index (χ1n) is 3.90. The number of carbonyl (C=O) groups excluding carboxylic acids is 1. The second-order valence-electron chi connectivity index (χ2n) is 2.96. The highest BCUT2D eigenvalue weighted by molar-refractivity contribution is 5.90. The average Bonchev–Trinajstić information content (AvgIpc) is 2.04. The third-order valence-electron chi connectivity index (χ3n) is 1.96. The average molecular weight is 169 g/mol. The first-order valence-corrected chi connectivity index (χ1v) is 3.90. The molecule has 0 bridgehead atoms. The van der Waals surface area contributed by atoms with Crippen LogP contribution in [0.4, 0.5) is 4.39 Å². The Balaban J connectivity index is 2.57. The van der Waals surface area contributed by atoms with Crippen LogP contribution in [0.25, 0.3) is 0 Å². The van der Waals surface area contributed by atoms with Gasteiger partial charge in [-0.25, -0.2) is 4.39 Å². The van der Waals surface area contributed by atoms with Crippen LogP contribution in [0.15, 0.2) is 24.1 Å². The summed E-state index contributed by atoms with van der Waals surface area (Å²) >= 11 is 0. The first kappa shape index (κ1) is 8.97. The minimum Gasteiger partial charge on any atom is -0.333 e. The van der Waals surface area contributed by atoms with Crippen LogP contribution in [0.3, 0.4) is 0 Å². The number of carbonyl (C=O) groups is 1. The highest BCUT2D eigenvalue weighted by Crippen LogP contribution is 2.11. The van der Waals surface area contributed by atoms with Crippen LogP contribution in [-0.2, 0) is 4.79 Å². The largest absolute Gasteiger partial charge is 0.333 e. The Hall–Kier alpha value is -1.12. The smallest absolute Gasteiger partial charge is 0.282 e. The maximum absolute atomic E-state index is 12.4. The Bertz CT molecular complexity index is 245. The molecule has 0 saturated carbocycles. The summed E-state index contributed by atoms with van der Waals surface area (Å²) < 4.78 is 12.4. The summed E-state index contributed by atoms with van der Waals surface area (Å²) in [5.41, 5.74) is 1.25. The van der Waals surface area contributed by atoms with Crippen molar-refractivity contribution in [3.8, 4) is 0 Å². The van der Waals surface area contributed by atoms with E-state index in [9.17, 15) is 9.18 Å². The van der Waals surface area contributed by atoms with Gasteiger partial charge in [-0.1, -0.05) is 18.2 Å². The van der Waals surface area contributed by atoms with Gasteiger partial charge in [0.15, 0.2) is 5.83 Å². The van der Waals surface area contributed by atoms with Crippen LogP contribution >= 0.6 is 0 Å². The third-order valence-corrected chi connectivity index (χ3v) is 1.96. The molecule has 0 aromatic heterocycles. The molecule has 2 nitrogen and oxygen atoms in total. The van der Waals surface area contributed by atoms with Crippen molar-refractivity contribution < 1.29 is 9.18 Å². The van der Waals surface area contributed by atoms with Crippen molar-refractivity contribution in [1.82, 2.24) is 4.90 Å².